The number of amides is 1. The Hall–Kier alpha value is -3.20. The van der Waals surface area contributed by atoms with Crippen LogP contribution < -0.4 is 15.8 Å². The fourth-order valence-corrected chi connectivity index (χ4v) is 4.14. The molecule has 0 saturated carbocycles. The number of hydrogen-bond acceptors (Lipinski definition) is 6. The molecule has 170 valence electrons. The van der Waals surface area contributed by atoms with Crippen LogP contribution >= 0.6 is 0 Å². The van der Waals surface area contributed by atoms with Gasteiger partial charge in [-0.05, 0) is 39.8 Å². The van der Waals surface area contributed by atoms with Crippen LogP contribution in [0.3, 0.4) is 0 Å². The SMILES string of the molecule is Cc1nn(C(C)C)c(C)c1NC(=O)CCn1c(=O)c(N2CCOCC2)nc2ccccc21. The van der Waals surface area contributed by atoms with E-state index in [1.54, 1.807) is 4.57 Å². The minimum Gasteiger partial charge on any atom is -0.378 e. The van der Waals surface area contributed by atoms with Crippen molar-refractivity contribution >= 4 is 28.4 Å². The van der Waals surface area contributed by atoms with Crippen LogP contribution in [0.5, 0.6) is 0 Å². The van der Waals surface area contributed by atoms with Crippen molar-refractivity contribution in [3.05, 3.63) is 46.0 Å². The second-order valence-corrected chi connectivity index (χ2v) is 8.36. The molecular formula is C23H30N6O3. The van der Waals surface area contributed by atoms with Crippen LogP contribution in [-0.2, 0) is 16.1 Å². The second-order valence-electron chi connectivity index (χ2n) is 8.36. The van der Waals surface area contributed by atoms with E-state index in [9.17, 15) is 9.59 Å². The summed E-state index contributed by atoms with van der Waals surface area (Å²) in [6.45, 7) is 10.6. The minimum atomic E-state index is -0.182. The zero-order valence-corrected chi connectivity index (χ0v) is 19.1. The fraction of sp³-hybridized carbons (Fsp3) is 0.478. The molecule has 0 aliphatic carbocycles. The highest BCUT2D eigenvalue weighted by Gasteiger charge is 2.20. The number of nitrogens with one attached hydrogen (secondary N) is 1. The van der Waals surface area contributed by atoms with Gasteiger partial charge in [0.25, 0.3) is 5.56 Å². The van der Waals surface area contributed by atoms with Crippen molar-refractivity contribution in [2.75, 3.05) is 36.5 Å². The van der Waals surface area contributed by atoms with E-state index in [0.717, 1.165) is 28.1 Å². The van der Waals surface area contributed by atoms with Crippen LogP contribution in [0.15, 0.2) is 29.1 Å². The van der Waals surface area contributed by atoms with Crippen molar-refractivity contribution in [2.45, 2.75) is 46.7 Å². The van der Waals surface area contributed by atoms with Crippen LogP contribution in [0.4, 0.5) is 11.5 Å². The van der Waals surface area contributed by atoms with Gasteiger partial charge < -0.3 is 19.5 Å². The van der Waals surface area contributed by atoms with Crippen LogP contribution in [-0.4, -0.2) is 51.5 Å². The van der Waals surface area contributed by atoms with Gasteiger partial charge in [0.15, 0.2) is 5.82 Å². The number of rotatable bonds is 6. The van der Waals surface area contributed by atoms with Crippen molar-refractivity contribution in [3.63, 3.8) is 0 Å². The van der Waals surface area contributed by atoms with Gasteiger partial charge in [-0.1, -0.05) is 12.1 Å². The molecule has 0 atom stereocenters. The maximum Gasteiger partial charge on any atom is 0.294 e. The summed E-state index contributed by atoms with van der Waals surface area (Å²) in [5.41, 5.74) is 3.72. The topological polar surface area (TPSA) is 94.3 Å². The lowest BCUT2D eigenvalue weighted by molar-refractivity contribution is -0.116. The molecule has 0 bridgehead atoms. The normalized spacial score (nSPS) is 14.3. The Labute approximate surface area is 187 Å². The number of nitrogens with zero attached hydrogens (tertiary/aromatic N) is 5. The molecule has 1 fully saturated rings. The Bertz CT molecular complexity index is 1190. The first-order chi connectivity index (χ1) is 15.4. The number of morpholine rings is 1. The second kappa shape index (κ2) is 9.12. The maximum absolute atomic E-state index is 13.3. The Morgan fingerprint density at radius 1 is 1.19 bits per heavy atom. The van der Waals surface area contributed by atoms with Crippen molar-refractivity contribution in [2.24, 2.45) is 0 Å². The van der Waals surface area contributed by atoms with Crippen molar-refractivity contribution in [1.82, 2.24) is 19.3 Å². The highest BCUT2D eigenvalue weighted by Crippen LogP contribution is 2.23. The van der Waals surface area contributed by atoms with Gasteiger partial charge in [-0.2, -0.15) is 5.10 Å². The van der Waals surface area contributed by atoms with Crippen LogP contribution in [0.2, 0.25) is 0 Å². The highest BCUT2D eigenvalue weighted by atomic mass is 16.5. The van der Waals surface area contributed by atoms with Gasteiger partial charge in [-0.15, -0.1) is 0 Å². The number of para-hydroxylation sites is 2. The van der Waals surface area contributed by atoms with Gasteiger partial charge in [-0.3, -0.25) is 14.3 Å². The third-order valence-corrected chi connectivity index (χ3v) is 5.79. The number of aromatic nitrogens is 4. The van der Waals surface area contributed by atoms with E-state index < -0.39 is 0 Å². The Balaban J connectivity index is 1.58. The minimum absolute atomic E-state index is 0.153. The lowest BCUT2D eigenvalue weighted by Gasteiger charge is -2.28. The van der Waals surface area contributed by atoms with E-state index in [0.29, 0.717) is 32.1 Å². The van der Waals surface area contributed by atoms with E-state index >= 15 is 0 Å². The van der Waals surface area contributed by atoms with Crippen LogP contribution in [0, 0.1) is 13.8 Å². The van der Waals surface area contributed by atoms with Crippen molar-refractivity contribution in [1.29, 1.82) is 0 Å². The first-order valence-corrected chi connectivity index (χ1v) is 11.0. The number of carbonyl (C=O) groups is 1. The molecule has 1 N–H and O–H groups in total. The molecule has 32 heavy (non-hydrogen) atoms. The smallest absolute Gasteiger partial charge is 0.294 e. The molecule has 0 radical (unpaired) electrons. The van der Waals surface area contributed by atoms with Gasteiger partial charge in [-0.25, -0.2) is 4.98 Å². The Kier molecular flexibility index (Phi) is 6.27. The summed E-state index contributed by atoms with van der Waals surface area (Å²) in [5.74, 6) is 0.262. The molecule has 0 unspecified atom stereocenters. The molecule has 3 aromatic rings. The first-order valence-electron chi connectivity index (χ1n) is 11.0. The summed E-state index contributed by atoms with van der Waals surface area (Å²) in [4.78, 5) is 32.7. The molecule has 1 aliphatic rings. The zero-order valence-electron chi connectivity index (χ0n) is 19.1. The number of fused-ring (bicyclic) bond motifs is 1. The number of benzene rings is 1. The average molecular weight is 439 g/mol. The lowest BCUT2D eigenvalue weighted by atomic mass is 10.2. The predicted octanol–water partition coefficient (Wildman–Crippen LogP) is 2.66. The molecule has 9 nitrogen and oxygen atoms in total. The predicted molar refractivity (Wildman–Crippen MR) is 124 cm³/mol. The lowest BCUT2D eigenvalue weighted by Crippen LogP contribution is -2.41. The zero-order chi connectivity index (χ0) is 22.8. The standard InChI is InChI=1S/C23H30N6O3/c1-15(2)29-17(4)21(16(3)26-29)25-20(30)9-10-28-19-8-6-5-7-18(19)24-22(23(28)31)27-11-13-32-14-12-27/h5-8,15H,9-14H2,1-4H3,(H,25,30). The highest BCUT2D eigenvalue weighted by molar-refractivity contribution is 5.92. The molecule has 4 rings (SSSR count). The third kappa shape index (κ3) is 4.25. The monoisotopic (exact) mass is 438 g/mol. The molecule has 9 heteroatoms. The summed E-state index contributed by atoms with van der Waals surface area (Å²) in [7, 11) is 0. The number of aryl methyl sites for hydroxylation is 2. The van der Waals surface area contributed by atoms with E-state index in [1.165, 1.54) is 0 Å². The molecule has 1 aromatic carbocycles. The average Bonchev–Trinajstić information content (AvgIpc) is 3.07. The van der Waals surface area contributed by atoms with Gasteiger partial charge in [0.05, 0.1) is 41.3 Å². The van der Waals surface area contributed by atoms with Crippen molar-refractivity contribution in [3.8, 4) is 0 Å². The molecule has 0 spiro atoms. The number of hydrogen-bond donors (Lipinski definition) is 1. The Morgan fingerprint density at radius 2 is 1.91 bits per heavy atom. The fourth-order valence-electron chi connectivity index (χ4n) is 4.14. The Morgan fingerprint density at radius 3 is 2.59 bits per heavy atom. The van der Waals surface area contributed by atoms with Gasteiger partial charge in [0.1, 0.15) is 0 Å². The maximum atomic E-state index is 13.3. The van der Waals surface area contributed by atoms with E-state index in [4.69, 9.17) is 4.74 Å². The molecule has 2 aromatic heterocycles. The molecule has 3 heterocycles. The van der Waals surface area contributed by atoms with E-state index in [2.05, 4.69) is 29.2 Å². The third-order valence-electron chi connectivity index (χ3n) is 5.79. The molecule has 1 aliphatic heterocycles. The summed E-state index contributed by atoms with van der Waals surface area (Å²) in [5, 5.41) is 7.51. The quantitative estimate of drug-likeness (QED) is 0.636. The van der Waals surface area contributed by atoms with Crippen LogP contribution in [0.25, 0.3) is 11.0 Å². The van der Waals surface area contributed by atoms with Gasteiger partial charge in [0, 0.05) is 32.1 Å². The van der Waals surface area contributed by atoms with Gasteiger partial charge >= 0.3 is 0 Å². The number of carbonyl (C=O) groups excluding carboxylic acids is 1. The van der Waals surface area contributed by atoms with E-state index in [-0.39, 0.29) is 30.5 Å². The number of ether oxygens (including phenoxy) is 1. The van der Waals surface area contributed by atoms with E-state index in [1.807, 2.05) is 47.7 Å². The summed E-state index contributed by atoms with van der Waals surface area (Å²) in [6, 6.07) is 7.74. The summed E-state index contributed by atoms with van der Waals surface area (Å²) >= 11 is 0. The van der Waals surface area contributed by atoms with Crippen molar-refractivity contribution < 1.29 is 9.53 Å². The van der Waals surface area contributed by atoms with Gasteiger partial charge in [0.2, 0.25) is 5.91 Å². The van der Waals surface area contributed by atoms with Crippen LogP contribution in [0.1, 0.15) is 37.7 Å². The molecule has 1 amide bonds. The largest absolute Gasteiger partial charge is 0.378 e. The molecule has 1 saturated heterocycles. The summed E-state index contributed by atoms with van der Waals surface area (Å²) < 4.78 is 8.97. The number of anilines is 2. The summed E-state index contributed by atoms with van der Waals surface area (Å²) in [6.07, 6.45) is 0.169. The molecular weight excluding hydrogens is 408 g/mol. The first kappa shape index (κ1) is 22.0.